The highest BCUT2D eigenvalue weighted by molar-refractivity contribution is 6.31. The maximum Gasteiger partial charge on any atom is 0.118 e. The fourth-order valence-electron chi connectivity index (χ4n) is 2.37. The Bertz CT molecular complexity index is 889. The summed E-state index contributed by atoms with van der Waals surface area (Å²) in [4.78, 5) is 4.29. The predicted molar refractivity (Wildman–Crippen MR) is 99.0 cm³/mol. The fraction of sp³-hybridized carbons (Fsp3) is 0.111. The van der Waals surface area contributed by atoms with Gasteiger partial charge in [-0.1, -0.05) is 23.7 Å². The molecule has 4 nitrogen and oxygen atoms in total. The summed E-state index contributed by atoms with van der Waals surface area (Å²) < 4.78 is 5.15. The van der Waals surface area contributed by atoms with Crippen LogP contribution in [0.4, 0.5) is 5.69 Å². The van der Waals surface area contributed by atoms with Crippen molar-refractivity contribution >= 4 is 40.6 Å². The van der Waals surface area contributed by atoms with Gasteiger partial charge in [-0.05, 0) is 35.9 Å². The summed E-state index contributed by atoms with van der Waals surface area (Å²) in [7, 11) is 1.64. The highest BCUT2D eigenvalue weighted by Crippen LogP contribution is 2.28. The summed E-state index contributed by atoms with van der Waals surface area (Å²) in [6, 6.07) is 15.4. The van der Waals surface area contributed by atoms with Gasteiger partial charge in [-0.3, -0.25) is 4.98 Å². The zero-order valence-electron chi connectivity index (χ0n) is 12.9. The monoisotopic (exact) mass is 359 g/mol. The van der Waals surface area contributed by atoms with Crippen LogP contribution in [0.25, 0.3) is 10.9 Å². The van der Waals surface area contributed by atoms with Crippen molar-refractivity contribution in [1.29, 1.82) is 5.26 Å². The molecule has 0 radical (unpaired) electrons. The molecule has 0 spiro atoms. The third kappa shape index (κ3) is 3.70. The van der Waals surface area contributed by atoms with Gasteiger partial charge in [0.05, 0.1) is 23.9 Å². The Balaban J connectivity index is 0.00000208. The minimum absolute atomic E-state index is 0. The van der Waals surface area contributed by atoms with Crippen molar-refractivity contribution in [2.24, 2.45) is 0 Å². The SMILES string of the molecule is COc1ccc(CNc2c(C#N)cnc3ccc(Cl)cc23)cc1.Cl. The molecule has 24 heavy (non-hydrogen) atoms. The third-order valence-electron chi connectivity index (χ3n) is 3.58. The smallest absolute Gasteiger partial charge is 0.118 e. The predicted octanol–water partition coefficient (Wildman–Crippen LogP) is 4.80. The van der Waals surface area contributed by atoms with Crippen LogP contribution in [0.3, 0.4) is 0 Å². The molecule has 1 N–H and O–H groups in total. The second-order valence-electron chi connectivity index (χ2n) is 5.02. The Morgan fingerprint density at radius 1 is 1.21 bits per heavy atom. The van der Waals surface area contributed by atoms with Crippen molar-refractivity contribution in [2.75, 3.05) is 12.4 Å². The molecule has 0 amide bonds. The lowest BCUT2D eigenvalue weighted by Crippen LogP contribution is -2.03. The first-order valence-corrected chi connectivity index (χ1v) is 7.44. The minimum Gasteiger partial charge on any atom is -0.497 e. The molecule has 0 saturated carbocycles. The maximum atomic E-state index is 9.33. The van der Waals surface area contributed by atoms with Gasteiger partial charge >= 0.3 is 0 Å². The van der Waals surface area contributed by atoms with Crippen LogP contribution >= 0.6 is 24.0 Å². The van der Waals surface area contributed by atoms with Crippen LogP contribution in [0.15, 0.2) is 48.7 Å². The van der Waals surface area contributed by atoms with Crippen molar-refractivity contribution in [3.8, 4) is 11.8 Å². The van der Waals surface area contributed by atoms with Crippen molar-refractivity contribution in [1.82, 2.24) is 4.98 Å². The molecule has 0 aliphatic heterocycles. The van der Waals surface area contributed by atoms with Gasteiger partial charge < -0.3 is 10.1 Å². The Hall–Kier alpha value is -2.48. The molecule has 122 valence electrons. The molecule has 0 atom stereocenters. The van der Waals surface area contributed by atoms with E-state index in [0.29, 0.717) is 17.1 Å². The molecule has 0 aliphatic rings. The number of methoxy groups -OCH3 is 1. The van der Waals surface area contributed by atoms with E-state index in [0.717, 1.165) is 27.9 Å². The van der Waals surface area contributed by atoms with Gasteiger partial charge in [0.25, 0.3) is 0 Å². The number of ether oxygens (including phenoxy) is 1. The number of benzene rings is 2. The number of anilines is 1. The lowest BCUT2D eigenvalue weighted by Gasteiger charge is -2.12. The van der Waals surface area contributed by atoms with Crippen LogP contribution in [0, 0.1) is 11.3 Å². The largest absolute Gasteiger partial charge is 0.497 e. The zero-order chi connectivity index (χ0) is 16.2. The Morgan fingerprint density at radius 2 is 1.96 bits per heavy atom. The van der Waals surface area contributed by atoms with Crippen LogP contribution in [-0.2, 0) is 6.54 Å². The van der Waals surface area contributed by atoms with Gasteiger partial charge in [-0.15, -0.1) is 12.4 Å². The molecule has 0 aliphatic carbocycles. The zero-order valence-corrected chi connectivity index (χ0v) is 14.5. The standard InChI is InChI=1S/C18H14ClN3O.ClH/c1-23-15-5-2-12(3-6-15)10-22-18-13(9-20)11-21-17-7-4-14(19)8-16(17)18;/h2-8,11H,10H2,1H3,(H,21,22);1H. The number of hydrogen-bond acceptors (Lipinski definition) is 4. The lowest BCUT2D eigenvalue weighted by molar-refractivity contribution is 0.414. The molecular formula is C18H15Cl2N3O. The van der Waals surface area contributed by atoms with Crippen molar-refractivity contribution < 1.29 is 4.74 Å². The van der Waals surface area contributed by atoms with E-state index in [4.69, 9.17) is 16.3 Å². The number of nitrogens with one attached hydrogen (secondary N) is 1. The molecule has 1 aromatic heterocycles. The first kappa shape index (κ1) is 17.9. The van der Waals surface area contributed by atoms with Gasteiger partial charge in [0.2, 0.25) is 0 Å². The van der Waals surface area contributed by atoms with Crippen LogP contribution in [0.5, 0.6) is 5.75 Å². The third-order valence-corrected chi connectivity index (χ3v) is 3.81. The lowest BCUT2D eigenvalue weighted by atomic mass is 10.1. The molecule has 3 aromatic rings. The van der Waals surface area contributed by atoms with E-state index >= 15 is 0 Å². The molecule has 6 heteroatoms. The Labute approximate surface area is 151 Å². The van der Waals surface area contributed by atoms with Gasteiger partial charge in [-0.25, -0.2) is 0 Å². The van der Waals surface area contributed by atoms with Crippen molar-refractivity contribution in [3.05, 3.63) is 64.8 Å². The van der Waals surface area contributed by atoms with E-state index < -0.39 is 0 Å². The summed E-state index contributed by atoms with van der Waals surface area (Å²) in [6.45, 7) is 0.588. The first-order valence-electron chi connectivity index (χ1n) is 7.06. The minimum atomic E-state index is 0. The number of aromatic nitrogens is 1. The van der Waals surface area contributed by atoms with Crippen LogP contribution in [0.2, 0.25) is 5.02 Å². The number of hydrogen-bond donors (Lipinski definition) is 1. The van der Waals surface area contributed by atoms with Gasteiger partial charge in [0, 0.05) is 23.2 Å². The molecule has 0 bridgehead atoms. The highest BCUT2D eigenvalue weighted by atomic mass is 35.5. The second kappa shape index (κ2) is 7.87. The van der Waals surface area contributed by atoms with E-state index in [1.165, 1.54) is 0 Å². The van der Waals surface area contributed by atoms with E-state index in [1.807, 2.05) is 36.4 Å². The van der Waals surface area contributed by atoms with E-state index in [1.54, 1.807) is 19.4 Å². The average molecular weight is 360 g/mol. The quantitative estimate of drug-likeness (QED) is 0.726. The summed E-state index contributed by atoms with van der Waals surface area (Å²) >= 11 is 6.08. The number of halogens is 2. The Kier molecular flexibility index (Phi) is 5.86. The van der Waals surface area contributed by atoms with Gasteiger partial charge in [-0.2, -0.15) is 5.26 Å². The molecule has 0 fully saturated rings. The van der Waals surface area contributed by atoms with Crippen molar-refractivity contribution in [2.45, 2.75) is 6.54 Å². The summed E-state index contributed by atoms with van der Waals surface area (Å²) in [6.07, 6.45) is 1.58. The maximum absolute atomic E-state index is 9.33. The Morgan fingerprint density at radius 3 is 2.62 bits per heavy atom. The number of nitriles is 1. The van der Waals surface area contributed by atoms with Crippen LogP contribution in [-0.4, -0.2) is 12.1 Å². The molecule has 2 aromatic carbocycles. The van der Waals surface area contributed by atoms with Crippen LogP contribution < -0.4 is 10.1 Å². The normalized spacial score (nSPS) is 9.88. The van der Waals surface area contributed by atoms with Gasteiger partial charge in [0.15, 0.2) is 0 Å². The average Bonchev–Trinajstić information content (AvgIpc) is 2.60. The summed E-state index contributed by atoms with van der Waals surface area (Å²) in [5.74, 6) is 0.813. The second-order valence-corrected chi connectivity index (χ2v) is 5.46. The first-order chi connectivity index (χ1) is 11.2. The summed E-state index contributed by atoms with van der Waals surface area (Å²) in [5.41, 5.74) is 3.12. The van der Waals surface area contributed by atoms with Crippen LogP contribution in [0.1, 0.15) is 11.1 Å². The molecular weight excluding hydrogens is 345 g/mol. The summed E-state index contributed by atoms with van der Waals surface area (Å²) in [5, 5.41) is 14.1. The molecule has 0 saturated heterocycles. The van der Waals surface area contributed by atoms with E-state index in [-0.39, 0.29) is 12.4 Å². The number of nitrogens with zero attached hydrogens (tertiary/aromatic N) is 2. The number of pyridine rings is 1. The molecule has 1 heterocycles. The molecule has 3 rings (SSSR count). The fourth-order valence-corrected chi connectivity index (χ4v) is 2.55. The van der Waals surface area contributed by atoms with Crippen molar-refractivity contribution in [3.63, 3.8) is 0 Å². The van der Waals surface area contributed by atoms with E-state index in [9.17, 15) is 5.26 Å². The molecule has 0 unspecified atom stereocenters. The number of rotatable bonds is 4. The van der Waals surface area contributed by atoms with E-state index in [2.05, 4.69) is 16.4 Å². The topological polar surface area (TPSA) is 57.9 Å². The highest BCUT2D eigenvalue weighted by Gasteiger charge is 2.09. The van der Waals surface area contributed by atoms with Gasteiger partial charge in [0.1, 0.15) is 11.8 Å². The number of fused-ring (bicyclic) bond motifs is 1.